The standard InChI is InChI=1S/C25H34ClN5O4S/c1-17-23(24(26)29(2)28-17)36(33,34)31-14-20-12-30(13-21(20)15-31)10-8-22(18-6-4-3-5-7-18)27-25(32)19-9-11-35-16-19/h3-7,19-22H,8-16H2,1-2H3,(H,27,32)/t19?,20?,21?,22-/m0/s1. The molecule has 0 bridgehead atoms. The van der Waals surface area contributed by atoms with Crippen molar-refractivity contribution < 1.29 is 17.9 Å². The highest BCUT2D eigenvalue weighted by Gasteiger charge is 2.45. The molecule has 1 N–H and O–H groups in total. The largest absolute Gasteiger partial charge is 0.381 e. The van der Waals surface area contributed by atoms with Crippen LogP contribution in [-0.4, -0.2) is 79.2 Å². The number of carbonyl (C=O) groups is 1. The Bertz CT molecular complexity index is 1180. The van der Waals surface area contributed by atoms with Gasteiger partial charge in [-0.05, 0) is 37.2 Å². The number of hydrogen-bond acceptors (Lipinski definition) is 6. The number of nitrogens with one attached hydrogen (secondary N) is 1. The van der Waals surface area contributed by atoms with Gasteiger partial charge in [-0.2, -0.15) is 9.40 Å². The van der Waals surface area contributed by atoms with Crippen molar-refractivity contribution in [3.8, 4) is 0 Å². The molecule has 4 atom stereocenters. The maximum atomic E-state index is 13.3. The zero-order valence-electron chi connectivity index (χ0n) is 20.8. The highest BCUT2D eigenvalue weighted by molar-refractivity contribution is 7.89. The Hall–Kier alpha value is -1.98. The molecule has 3 saturated heterocycles. The first-order valence-electron chi connectivity index (χ1n) is 12.6. The number of carbonyl (C=O) groups excluding carboxylic acids is 1. The van der Waals surface area contributed by atoms with Gasteiger partial charge in [0.25, 0.3) is 0 Å². The van der Waals surface area contributed by atoms with Gasteiger partial charge in [-0.15, -0.1) is 0 Å². The van der Waals surface area contributed by atoms with E-state index in [4.69, 9.17) is 16.3 Å². The molecule has 196 valence electrons. The Morgan fingerprint density at radius 2 is 1.89 bits per heavy atom. The number of fused-ring (bicyclic) bond motifs is 1. The van der Waals surface area contributed by atoms with Crippen molar-refractivity contribution in [2.75, 3.05) is 45.9 Å². The molecule has 1 aromatic carbocycles. The molecule has 1 aromatic heterocycles. The summed E-state index contributed by atoms with van der Waals surface area (Å²) < 4.78 is 35.0. The number of sulfonamides is 1. The van der Waals surface area contributed by atoms with Crippen molar-refractivity contribution in [3.05, 3.63) is 46.7 Å². The Morgan fingerprint density at radius 3 is 2.47 bits per heavy atom. The molecule has 36 heavy (non-hydrogen) atoms. The van der Waals surface area contributed by atoms with E-state index in [1.54, 1.807) is 18.3 Å². The zero-order valence-corrected chi connectivity index (χ0v) is 22.3. The average molecular weight is 536 g/mol. The van der Waals surface area contributed by atoms with Crippen molar-refractivity contribution in [1.82, 2.24) is 24.3 Å². The molecule has 0 saturated carbocycles. The lowest BCUT2D eigenvalue weighted by molar-refractivity contribution is -0.125. The fraction of sp³-hybridized carbons (Fsp3) is 0.600. The number of aryl methyl sites for hydroxylation is 2. The van der Waals surface area contributed by atoms with Crippen molar-refractivity contribution in [2.45, 2.75) is 30.7 Å². The van der Waals surface area contributed by atoms with Crippen LogP contribution >= 0.6 is 11.6 Å². The third-order valence-corrected chi connectivity index (χ3v) is 10.3. The van der Waals surface area contributed by atoms with Gasteiger partial charge in [0, 0.05) is 46.4 Å². The SMILES string of the molecule is Cc1nn(C)c(Cl)c1S(=O)(=O)N1CC2CN(CC[C@H](NC(=O)C3CCOC3)c3ccccc3)CC2C1. The van der Waals surface area contributed by atoms with Gasteiger partial charge in [-0.1, -0.05) is 41.9 Å². The second kappa shape index (κ2) is 10.4. The number of likely N-dealkylation sites (tertiary alicyclic amines) is 1. The molecular formula is C25H34ClN5O4S. The number of halogens is 1. The molecule has 3 fully saturated rings. The molecule has 4 heterocycles. The molecule has 3 unspecified atom stereocenters. The van der Waals surface area contributed by atoms with Crippen LogP contribution in [0.15, 0.2) is 35.2 Å². The summed E-state index contributed by atoms with van der Waals surface area (Å²) in [5, 5.41) is 7.59. The first-order chi connectivity index (χ1) is 17.2. The Kier molecular flexibility index (Phi) is 7.42. The van der Waals surface area contributed by atoms with Crippen LogP contribution in [0.1, 0.15) is 30.1 Å². The van der Waals surface area contributed by atoms with Crippen LogP contribution in [0.4, 0.5) is 0 Å². The second-order valence-electron chi connectivity index (χ2n) is 10.3. The minimum atomic E-state index is -3.68. The van der Waals surface area contributed by atoms with Crippen molar-refractivity contribution in [2.24, 2.45) is 24.8 Å². The van der Waals surface area contributed by atoms with Crippen molar-refractivity contribution in [1.29, 1.82) is 0 Å². The van der Waals surface area contributed by atoms with Crippen molar-refractivity contribution in [3.63, 3.8) is 0 Å². The van der Waals surface area contributed by atoms with E-state index in [0.717, 1.165) is 38.0 Å². The molecule has 9 nitrogen and oxygen atoms in total. The van der Waals surface area contributed by atoms with Gasteiger partial charge in [-0.25, -0.2) is 8.42 Å². The Balaban J connectivity index is 1.19. The predicted molar refractivity (Wildman–Crippen MR) is 136 cm³/mol. The first kappa shape index (κ1) is 25.7. The summed E-state index contributed by atoms with van der Waals surface area (Å²) in [6, 6.07) is 10.0. The van der Waals surface area contributed by atoms with E-state index < -0.39 is 10.0 Å². The lowest BCUT2D eigenvalue weighted by atomic mass is 10.0. The maximum absolute atomic E-state index is 13.3. The van der Waals surface area contributed by atoms with Crippen LogP contribution in [0.5, 0.6) is 0 Å². The van der Waals surface area contributed by atoms with Crippen molar-refractivity contribution >= 4 is 27.5 Å². The second-order valence-corrected chi connectivity index (χ2v) is 12.5. The lowest BCUT2D eigenvalue weighted by Crippen LogP contribution is -2.37. The first-order valence-corrected chi connectivity index (χ1v) is 14.4. The van der Waals surface area contributed by atoms with E-state index in [-0.39, 0.29) is 39.8 Å². The number of ether oxygens (including phenoxy) is 1. The topological polar surface area (TPSA) is 96.8 Å². The molecule has 5 rings (SSSR count). The molecule has 0 aliphatic carbocycles. The minimum absolute atomic E-state index is 0.0600. The maximum Gasteiger partial charge on any atom is 0.248 e. The smallest absolute Gasteiger partial charge is 0.248 e. The molecular weight excluding hydrogens is 502 g/mol. The summed E-state index contributed by atoms with van der Waals surface area (Å²) in [5.41, 5.74) is 1.53. The quantitative estimate of drug-likeness (QED) is 0.557. The molecule has 3 aliphatic heterocycles. The van der Waals surface area contributed by atoms with Gasteiger partial charge in [-0.3, -0.25) is 9.48 Å². The Morgan fingerprint density at radius 1 is 1.19 bits per heavy atom. The van der Waals surface area contributed by atoms with Crippen LogP contribution < -0.4 is 5.32 Å². The van der Waals surface area contributed by atoms with Gasteiger partial charge < -0.3 is 15.0 Å². The summed E-state index contributed by atoms with van der Waals surface area (Å²) in [6.45, 7) is 6.34. The third kappa shape index (κ3) is 5.06. The van der Waals surface area contributed by atoms with E-state index >= 15 is 0 Å². The summed E-state index contributed by atoms with van der Waals surface area (Å²) >= 11 is 6.27. The van der Waals surface area contributed by atoms with Gasteiger partial charge in [0.2, 0.25) is 15.9 Å². The van der Waals surface area contributed by atoms with E-state index in [1.165, 1.54) is 4.68 Å². The predicted octanol–water partition coefficient (Wildman–Crippen LogP) is 2.22. The monoisotopic (exact) mass is 535 g/mol. The molecule has 3 aliphatic rings. The summed E-state index contributed by atoms with van der Waals surface area (Å²) in [6.07, 6.45) is 1.57. The van der Waals surface area contributed by atoms with E-state index in [1.807, 2.05) is 18.2 Å². The normalized spacial score (nSPS) is 25.8. The van der Waals surface area contributed by atoms with Crippen LogP contribution in [-0.2, 0) is 26.6 Å². The van der Waals surface area contributed by atoms with Gasteiger partial charge in [0.15, 0.2) is 0 Å². The number of aromatic nitrogens is 2. The Labute approximate surface area is 217 Å². The van der Waals surface area contributed by atoms with E-state index in [2.05, 4.69) is 27.4 Å². The minimum Gasteiger partial charge on any atom is -0.381 e. The fourth-order valence-corrected chi connectivity index (χ4v) is 8.07. The van der Waals surface area contributed by atoms with E-state index in [9.17, 15) is 13.2 Å². The highest BCUT2D eigenvalue weighted by Crippen LogP contribution is 2.37. The summed E-state index contributed by atoms with van der Waals surface area (Å²) in [5.74, 6) is 0.559. The third-order valence-electron chi connectivity index (χ3n) is 7.78. The van der Waals surface area contributed by atoms with Crippen LogP contribution in [0.2, 0.25) is 5.15 Å². The zero-order chi connectivity index (χ0) is 25.4. The lowest BCUT2D eigenvalue weighted by Gasteiger charge is -2.25. The summed E-state index contributed by atoms with van der Waals surface area (Å²) in [4.78, 5) is 15.3. The number of amides is 1. The number of hydrogen-bond donors (Lipinski definition) is 1. The molecule has 0 spiro atoms. The highest BCUT2D eigenvalue weighted by atomic mass is 35.5. The number of nitrogens with zero attached hydrogens (tertiary/aromatic N) is 4. The van der Waals surface area contributed by atoms with Crippen LogP contribution in [0, 0.1) is 24.7 Å². The summed E-state index contributed by atoms with van der Waals surface area (Å²) in [7, 11) is -2.03. The molecule has 0 radical (unpaired) electrons. The van der Waals surface area contributed by atoms with Gasteiger partial charge in [0.05, 0.1) is 24.3 Å². The molecule has 1 amide bonds. The average Bonchev–Trinajstić information content (AvgIpc) is 3.62. The molecule has 2 aromatic rings. The van der Waals surface area contributed by atoms with Crippen LogP contribution in [0.25, 0.3) is 0 Å². The fourth-order valence-electron chi connectivity index (χ4n) is 5.81. The number of benzene rings is 1. The van der Waals surface area contributed by atoms with E-state index in [0.29, 0.717) is 32.0 Å². The molecule has 11 heteroatoms. The van der Waals surface area contributed by atoms with Gasteiger partial charge >= 0.3 is 0 Å². The van der Waals surface area contributed by atoms with Gasteiger partial charge in [0.1, 0.15) is 10.0 Å². The number of rotatable bonds is 8. The van der Waals surface area contributed by atoms with Crippen LogP contribution in [0.3, 0.4) is 0 Å².